The lowest BCUT2D eigenvalue weighted by Gasteiger charge is -2.23. The molecule has 0 aliphatic carbocycles. The second-order valence-electron chi connectivity index (χ2n) is 5.44. The number of benzene rings is 1. The van der Waals surface area contributed by atoms with Gasteiger partial charge in [0.2, 0.25) is 0 Å². The van der Waals surface area contributed by atoms with E-state index in [1.165, 1.54) is 0 Å². The molecule has 0 bridgehead atoms. The first-order chi connectivity index (χ1) is 9.83. The Morgan fingerprint density at radius 1 is 1.24 bits per heavy atom. The number of nitrogens with one attached hydrogen (secondary N) is 1. The van der Waals surface area contributed by atoms with Gasteiger partial charge in [-0.2, -0.15) is 0 Å². The van der Waals surface area contributed by atoms with Gasteiger partial charge in [-0.25, -0.2) is 4.79 Å². The van der Waals surface area contributed by atoms with E-state index in [-0.39, 0.29) is 0 Å². The molecule has 0 aromatic heterocycles. The molecule has 1 aromatic carbocycles. The van der Waals surface area contributed by atoms with Crippen LogP contribution in [-0.2, 0) is 14.4 Å². The number of alkyl halides is 1. The summed E-state index contributed by atoms with van der Waals surface area (Å²) in [6.07, 6.45) is 0.441. The molecular formula is C15H20BrNO4. The van der Waals surface area contributed by atoms with E-state index in [1.54, 1.807) is 51.1 Å². The molecule has 0 aliphatic heterocycles. The summed E-state index contributed by atoms with van der Waals surface area (Å²) in [5.41, 5.74) is 2.31. The minimum absolute atomic E-state index is 0.409. The van der Waals surface area contributed by atoms with Crippen LogP contribution >= 0.6 is 15.9 Å². The molecule has 0 radical (unpaired) electrons. The Morgan fingerprint density at radius 2 is 1.86 bits per heavy atom. The average Bonchev–Trinajstić information content (AvgIpc) is 2.42. The second-order valence-corrected chi connectivity index (χ2v) is 6.23. The number of rotatable bonds is 6. The summed E-state index contributed by atoms with van der Waals surface area (Å²) in [6.45, 7) is 5.35. The maximum atomic E-state index is 12.0. The Balaban J connectivity index is 2.59. The third kappa shape index (κ3) is 6.73. The zero-order valence-electron chi connectivity index (χ0n) is 12.4. The van der Waals surface area contributed by atoms with E-state index < -0.39 is 23.6 Å². The van der Waals surface area contributed by atoms with Gasteiger partial charge in [0.15, 0.2) is 0 Å². The topological polar surface area (TPSA) is 64.6 Å². The number of hydrogen-bond donors (Lipinski definition) is 1. The molecule has 0 amide bonds. The van der Waals surface area contributed by atoms with Crippen LogP contribution in [0.5, 0.6) is 0 Å². The van der Waals surface area contributed by atoms with Gasteiger partial charge in [-0.15, -0.1) is 5.48 Å². The SMILES string of the molecule is CC(C)(C)OC(=O)[C@H](CCBr)NOC(=O)c1ccccc1. The van der Waals surface area contributed by atoms with Crippen molar-refractivity contribution in [1.29, 1.82) is 0 Å². The van der Waals surface area contributed by atoms with E-state index in [1.807, 2.05) is 0 Å². The third-order valence-corrected chi connectivity index (χ3v) is 2.85. The number of halogens is 1. The Labute approximate surface area is 133 Å². The zero-order chi connectivity index (χ0) is 15.9. The number of esters is 1. The summed E-state index contributed by atoms with van der Waals surface area (Å²) in [6, 6.07) is 7.84. The van der Waals surface area contributed by atoms with Crippen molar-refractivity contribution < 1.29 is 19.2 Å². The summed E-state index contributed by atoms with van der Waals surface area (Å²) in [7, 11) is 0. The highest BCUT2D eigenvalue weighted by Crippen LogP contribution is 2.11. The molecule has 0 saturated heterocycles. The first kappa shape index (κ1) is 17.7. The Hall–Kier alpha value is -1.40. The van der Waals surface area contributed by atoms with Crippen LogP contribution in [0.3, 0.4) is 0 Å². The van der Waals surface area contributed by atoms with Crippen LogP contribution in [0.1, 0.15) is 37.6 Å². The fourth-order valence-corrected chi connectivity index (χ4v) is 1.92. The second kappa shape index (κ2) is 8.14. The predicted molar refractivity (Wildman–Crippen MR) is 83.0 cm³/mol. The number of ether oxygens (including phenoxy) is 1. The van der Waals surface area contributed by atoms with Crippen LogP contribution in [0.4, 0.5) is 0 Å². The predicted octanol–water partition coefficient (Wildman–Crippen LogP) is 2.84. The van der Waals surface area contributed by atoms with Crippen LogP contribution in [0.25, 0.3) is 0 Å². The van der Waals surface area contributed by atoms with Crippen LogP contribution < -0.4 is 5.48 Å². The molecular weight excluding hydrogens is 338 g/mol. The van der Waals surface area contributed by atoms with Crippen LogP contribution in [0.15, 0.2) is 30.3 Å². The van der Waals surface area contributed by atoms with E-state index in [0.29, 0.717) is 17.3 Å². The lowest BCUT2D eigenvalue weighted by Crippen LogP contribution is -2.42. The molecule has 1 N–H and O–H groups in total. The minimum atomic E-state index is -0.712. The number of carbonyl (C=O) groups excluding carboxylic acids is 2. The molecule has 0 unspecified atom stereocenters. The molecule has 1 atom stereocenters. The van der Waals surface area contributed by atoms with E-state index >= 15 is 0 Å². The van der Waals surface area contributed by atoms with Crippen molar-refractivity contribution in [2.24, 2.45) is 0 Å². The molecule has 0 fully saturated rings. The van der Waals surface area contributed by atoms with Crippen molar-refractivity contribution in [3.8, 4) is 0 Å². The lowest BCUT2D eigenvalue weighted by atomic mass is 10.2. The van der Waals surface area contributed by atoms with Gasteiger partial charge in [0.25, 0.3) is 0 Å². The fourth-order valence-electron chi connectivity index (χ4n) is 1.46. The van der Waals surface area contributed by atoms with Gasteiger partial charge >= 0.3 is 11.9 Å². The van der Waals surface area contributed by atoms with Crippen molar-refractivity contribution >= 4 is 27.9 Å². The summed E-state index contributed by atoms with van der Waals surface area (Å²) in [5.74, 6) is -0.999. The molecule has 6 heteroatoms. The van der Waals surface area contributed by atoms with Crippen molar-refractivity contribution in [3.05, 3.63) is 35.9 Å². The molecule has 1 aromatic rings. The average molecular weight is 358 g/mol. The van der Waals surface area contributed by atoms with Gasteiger partial charge in [0.1, 0.15) is 11.6 Å². The van der Waals surface area contributed by atoms with E-state index in [4.69, 9.17) is 9.57 Å². The van der Waals surface area contributed by atoms with E-state index in [0.717, 1.165) is 0 Å². The lowest BCUT2D eigenvalue weighted by molar-refractivity contribution is -0.160. The molecule has 0 spiro atoms. The van der Waals surface area contributed by atoms with Crippen LogP contribution in [0.2, 0.25) is 0 Å². The van der Waals surface area contributed by atoms with E-state index in [9.17, 15) is 9.59 Å². The van der Waals surface area contributed by atoms with Gasteiger partial charge < -0.3 is 9.57 Å². The quantitative estimate of drug-likeness (QED) is 0.481. The molecule has 116 valence electrons. The number of hydroxylamine groups is 1. The number of hydrogen-bond acceptors (Lipinski definition) is 5. The highest BCUT2D eigenvalue weighted by Gasteiger charge is 2.26. The van der Waals surface area contributed by atoms with Gasteiger partial charge in [-0.05, 0) is 39.3 Å². The molecule has 5 nitrogen and oxygen atoms in total. The van der Waals surface area contributed by atoms with Gasteiger partial charge in [-0.1, -0.05) is 34.1 Å². The van der Waals surface area contributed by atoms with Crippen LogP contribution in [-0.4, -0.2) is 28.9 Å². The third-order valence-electron chi connectivity index (χ3n) is 2.39. The van der Waals surface area contributed by atoms with Crippen molar-refractivity contribution in [2.45, 2.75) is 38.8 Å². The Morgan fingerprint density at radius 3 is 2.38 bits per heavy atom. The van der Waals surface area contributed by atoms with E-state index in [2.05, 4.69) is 21.4 Å². The van der Waals surface area contributed by atoms with Crippen molar-refractivity contribution in [3.63, 3.8) is 0 Å². The van der Waals surface area contributed by atoms with Crippen molar-refractivity contribution in [2.75, 3.05) is 5.33 Å². The highest BCUT2D eigenvalue weighted by atomic mass is 79.9. The van der Waals surface area contributed by atoms with Crippen molar-refractivity contribution in [1.82, 2.24) is 5.48 Å². The van der Waals surface area contributed by atoms with Crippen LogP contribution in [0, 0.1) is 0 Å². The highest BCUT2D eigenvalue weighted by molar-refractivity contribution is 9.09. The smallest absolute Gasteiger partial charge is 0.356 e. The monoisotopic (exact) mass is 357 g/mol. The normalized spacial score (nSPS) is 12.6. The standard InChI is InChI=1S/C15H20BrNO4/c1-15(2,3)20-14(19)12(9-10-16)17-21-13(18)11-7-5-4-6-8-11/h4-8,12,17H,9-10H2,1-3H3/t12-/m0/s1. The molecule has 0 aliphatic rings. The fraction of sp³-hybridized carbons (Fsp3) is 0.467. The first-order valence-corrected chi connectivity index (χ1v) is 7.76. The molecule has 0 saturated carbocycles. The first-order valence-electron chi connectivity index (χ1n) is 6.64. The number of carbonyl (C=O) groups is 2. The Bertz CT molecular complexity index is 470. The van der Waals surface area contributed by atoms with Gasteiger partial charge in [-0.3, -0.25) is 4.79 Å². The zero-order valence-corrected chi connectivity index (χ0v) is 14.0. The largest absolute Gasteiger partial charge is 0.459 e. The summed E-state index contributed by atoms with van der Waals surface area (Å²) >= 11 is 3.26. The molecule has 1 rings (SSSR count). The maximum absolute atomic E-state index is 12.0. The molecule has 21 heavy (non-hydrogen) atoms. The molecule has 0 heterocycles. The minimum Gasteiger partial charge on any atom is -0.459 e. The summed E-state index contributed by atoms with van der Waals surface area (Å²) in [4.78, 5) is 28.8. The Kier molecular flexibility index (Phi) is 6.84. The van der Waals surface area contributed by atoms with Gasteiger partial charge in [0, 0.05) is 5.33 Å². The summed E-state index contributed by atoms with van der Waals surface area (Å²) in [5, 5.41) is 0.576. The van der Waals surface area contributed by atoms with Gasteiger partial charge in [0.05, 0.1) is 5.56 Å². The maximum Gasteiger partial charge on any atom is 0.356 e. The summed E-state index contributed by atoms with van der Waals surface area (Å²) < 4.78 is 5.28.